The number of carbonyl (C=O) groups excluding carboxylic acids is 1. The third-order valence-electron chi connectivity index (χ3n) is 2.55. The van der Waals surface area contributed by atoms with E-state index in [-0.39, 0.29) is 13.2 Å². The Bertz CT molecular complexity index is 537. The van der Waals surface area contributed by atoms with Gasteiger partial charge in [-0.2, -0.15) is 4.89 Å². The molecule has 0 amide bonds. The van der Waals surface area contributed by atoms with Crippen LogP contribution < -0.4 is 0 Å². The maximum Gasteiger partial charge on any atom is 0.373 e. The summed E-state index contributed by atoms with van der Waals surface area (Å²) < 4.78 is 0. The SMILES string of the molecule is O=C(OOCc1ccccc1)c1cccc(CO)c1. The normalized spacial score (nSPS) is 10.2. The molecule has 0 saturated heterocycles. The van der Waals surface area contributed by atoms with Gasteiger partial charge in [-0.1, -0.05) is 42.5 Å². The Kier molecular flexibility index (Phi) is 4.66. The summed E-state index contributed by atoms with van der Waals surface area (Å²) in [5.74, 6) is -0.578. The molecule has 19 heavy (non-hydrogen) atoms. The van der Waals surface area contributed by atoms with Crippen LogP contribution in [0.3, 0.4) is 0 Å². The second-order valence-corrected chi connectivity index (χ2v) is 3.98. The van der Waals surface area contributed by atoms with Gasteiger partial charge in [-0.3, -0.25) is 4.89 Å². The quantitative estimate of drug-likeness (QED) is 0.661. The van der Waals surface area contributed by atoms with Gasteiger partial charge in [0.1, 0.15) is 6.61 Å². The maximum absolute atomic E-state index is 11.7. The number of benzene rings is 2. The summed E-state index contributed by atoms with van der Waals surface area (Å²) in [5.41, 5.74) is 1.91. The fraction of sp³-hybridized carbons (Fsp3) is 0.133. The highest BCUT2D eigenvalue weighted by Gasteiger charge is 2.08. The summed E-state index contributed by atoms with van der Waals surface area (Å²) >= 11 is 0. The van der Waals surface area contributed by atoms with Gasteiger partial charge in [-0.05, 0) is 23.3 Å². The van der Waals surface area contributed by atoms with E-state index in [4.69, 9.17) is 14.9 Å². The van der Waals surface area contributed by atoms with Crippen LogP contribution in [0.25, 0.3) is 0 Å². The zero-order valence-corrected chi connectivity index (χ0v) is 10.3. The van der Waals surface area contributed by atoms with Crippen LogP contribution in [0.1, 0.15) is 21.5 Å². The van der Waals surface area contributed by atoms with E-state index in [1.54, 1.807) is 24.3 Å². The smallest absolute Gasteiger partial charge is 0.373 e. The predicted molar refractivity (Wildman–Crippen MR) is 69.0 cm³/mol. The van der Waals surface area contributed by atoms with Crippen molar-refractivity contribution in [2.24, 2.45) is 0 Å². The topological polar surface area (TPSA) is 55.8 Å². The molecule has 98 valence electrons. The molecule has 0 spiro atoms. The Morgan fingerprint density at radius 3 is 2.47 bits per heavy atom. The molecule has 0 bridgehead atoms. The van der Waals surface area contributed by atoms with Crippen molar-refractivity contribution >= 4 is 5.97 Å². The van der Waals surface area contributed by atoms with Gasteiger partial charge in [0.2, 0.25) is 0 Å². The Morgan fingerprint density at radius 1 is 1.00 bits per heavy atom. The molecule has 0 heterocycles. The minimum absolute atomic E-state index is 0.119. The molecule has 0 aromatic heterocycles. The van der Waals surface area contributed by atoms with Gasteiger partial charge in [-0.25, -0.2) is 4.79 Å². The second kappa shape index (κ2) is 6.68. The fourth-order valence-electron chi connectivity index (χ4n) is 1.57. The van der Waals surface area contributed by atoms with Crippen molar-refractivity contribution in [3.8, 4) is 0 Å². The van der Waals surface area contributed by atoms with E-state index in [1.807, 2.05) is 30.3 Å². The molecule has 0 aliphatic rings. The van der Waals surface area contributed by atoms with Crippen LogP contribution in [0.2, 0.25) is 0 Å². The monoisotopic (exact) mass is 258 g/mol. The second-order valence-electron chi connectivity index (χ2n) is 3.98. The van der Waals surface area contributed by atoms with E-state index in [0.717, 1.165) is 5.56 Å². The Hall–Kier alpha value is -2.17. The van der Waals surface area contributed by atoms with Crippen LogP contribution in [0.15, 0.2) is 54.6 Å². The summed E-state index contributed by atoms with van der Waals surface area (Å²) in [6.45, 7) is 0.0816. The van der Waals surface area contributed by atoms with Crippen molar-refractivity contribution in [1.29, 1.82) is 0 Å². The standard InChI is InChI=1S/C15H14O4/c16-10-13-7-4-8-14(9-13)15(17)19-18-11-12-5-2-1-3-6-12/h1-9,16H,10-11H2. The summed E-state index contributed by atoms with van der Waals surface area (Å²) in [7, 11) is 0. The van der Waals surface area contributed by atoms with Crippen molar-refractivity contribution in [2.45, 2.75) is 13.2 Å². The first-order valence-electron chi connectivity index (χ1n) is 5.87. The van der Waals surface area contributed by atoms with Crippen LogP contribution in [0, 0.1) is 0 Å². The van der Waals surface area contributed by atoms with Crippen LogP contribution in [0.4, 0.5) is 0 Å². The fourth-order valence-corrected chi connectivity index (χ4v) is 1.57. The molecule has 0 radical (unpaired) electrons. The van der Waals surface area contributed by atoms with Crippen molar-refractivity contribution in [1.82, 2.24) is 0 Å². The Morgan fingerprint density at radius 2 is 1.74 bits per heavy atom. The summed E-state index contributed by atoms with van der Waals surface area (Å²) in [5, 5.41) is 8.99. The van der Waals surface area contributed by atoms with Crippen molar-refractivity contribution in [2.75, 3.05) is 0 Å². The molecule has 2 rings (SSSR count). The number of aliphatic hydroxyl groups is 1. The maximum atomic E-state index is 11.7. The van der Waals surface area contributed by atoms with Crippen molar-refractivity contribution < 1.29 is 19.7 Å². The lowest BCUT2D eigenvalue weighted by Crippen LogP contribution is -2.06. The van der Waals surface area contributed by atoms with Gasteiger partial charge in [0.05, 0.1) is 12.2 Å². The number of rotatable bonds is 5. The molecule has 2 aromatic carbocycles. The minimum Gasteiger partial charge on any atom is -0.392 e. The van der Waals surface area contributed by atoms with E-state index in [0.29, 0.717) is 11.1 Å². The largest absolute Gasteiger partial charge is 0.392 e. The summed E-state index contributed by atoms with van der Waals surface area (Å²) in [6.07, 6.45) is 0. The van der Waals surface area contributed by atoms with E-state index in [9.17, 15) is 4.79 Å². The molecule has 0 unspecified atom stereocenters. The van der Waals surface area contributed by atoms with Gasteiger partial charge in [0, 0.05) is 0 Å². The molecule has 0 saturated carbocycles. The first kappa shape index (κ1) is 13.3. The summed E-state index contributed by atoms with van der Waals surface area (Å²) in [4.78, 5) is 21.3. The first-order valence-corrected chi connectivity index (χ1v) is 5.87. The molecular weight excluding hydrogens is 244 g/mol. The van der Waals surface area contributed by atoms with Crippen molar-refractivity contribution in [3.05, 3.63) is 71.3 Å². The van der Waals surface area contributed by atoms with E-state index < -0.39 is 5.97 Å². The molecule has 4 nitrogen and oxygen atoms in total. The van der Waals surface area contributed by atoms with Crippen LogP contribution in [0.5, 0.6) is 0 Å². The van der Waals surface area contributed by atoms with Gasteiger partial charge >= 0.3 is 5.97 Å². The highest BCUT2D eigenvalue weighted by molar-refractivity contribution is 5.89. The van der Waals surface area contributed by atoms with E-state index in [2.05, 4.69) is 0 Å². The molecule has 0 atom stereocenters. The van der Waals surface area contributed by atoms with Gasteiger partial charge in [0.25, 0.3) is 0 Å². The Balaban J connectivity index is 1.87. The minimum atomic E-state index is -0.578. The van der Waals surface area contributed by atoms with E-state index >= 15 is 0 Å². The van der Waals surface area contributed by atoms with Crippen molar-refractivity contribution in [3.63, 3.8) is 0 Å². The third kappa shape index (κ3) is 3.91. The Labute approximate surface area is 111 Å². The number of hydrogen-bond donors (Lipinski definition) is 1. The molecule has 0 fully saturated rings. The third-order valence-corrected chi connectivity index (χ3v) is 2.55. The number of aliphatic hydroxyl groups excluding tert-OH is 1. The molecular formula is C15H14O4. The van der Waals surface area contributed by atoms with Crippen LogP contribution in [-0.4, -0.2) is 11.1 Å². The molecule has 1 N–H and O–H groups in total. The van der Waals surface area contributed by atoms with Gasteiger partial charge < -0.3 is 5.11 Å². The highest BCUT2D eigenvalue weighted by atomic mass is 17.2. The van der Waals surface area contributed by atoms with E-state index in [1.165, 1.54) is 0 Å². The lowest BCUT2D eigenvalue weighted by Gasteiger charge is -2.04. The van der Waals surface area contributed by atoms with Crippen LogP contribution >= 0.6 is 0 Å². The zero-order valence-electron chi connectivity index (χ0n) is 10.3. The number of carbonyl (C=O) groups is 1. The van der Waals surface area contributed by atoms with Gasteiger partial charge in [-0.15, -0.1) is 0 Å². The molecule has 0 aliphatic heterocycles. The van der Waals surface area contributed by atoms with Gasteiger partial charge in [0.15, 0.2) is 0 Å². The first-order chi connectivity index (χ1) is 9.29. The molecule has 0 aliphatic carbocycles. The number of hydrogen-bond acceptors (Lipinski definition) is 4. The summed E-state index contributed by atoms with van der Waals surface area (Å²) in [6, 6.07) is 16.0. The molecule has 2 aromatic rings. The predicted octanol–water partition coefficient (Wildman–Crippen LogP) is 2.47. The zero-order chi connectivity index (χ0) is 13.5. The average Bonchev–Trinajstić information content (AvgIpc) is 2.48. The molecule has 4 heteroatoms. The lowest BCUT2D eigenvalue weighted by atomic mass is 10.1. The van der Waals surface area contributed by atoms with Crippen LogP contribution in [-0.2, 0) is 23.0 Å². The highest BCUT2D eigenvalue weighted by Crippen LogP contribution is 2.08. The average molecular weight is 258 g/mol. The lowest BCUT2D eigenvalue weighted by molar-refractivity contribution is -0.250.